The molecule has 1 aliphatic carbocycles. The molecular weight excluding hydrogens is 234 g/mol. The molecule has 0 aromatic heterocycles. The van der Waals surface area contributed by atoms with Crippen LogP contribution in [0.5, 0.6) is 5.75 Å². The van der Waals surface area contributed by atoms with E-state index in [0.29, 0.717) is 17.2 Å². The van der Waals surface area contributed by atoms with Gasteiger partial charge in [-0.3, -0.25) is 0 Å². The zero-order chi connectivity index (χ0) is 13.9. The molecule has 0 amide bonds. The lowest BCUT2D eigenvalue weighted by molar-refractivity contribution is 0.187. The number of phenols is 1. The third kappa shape index (κ3) is 3.73. The predicted octanol–water partition coefficient (Wildman–Crippen LogP) is 4.40. The fourth-order valence-electron chi connectivity index (χ4n) is 3.33. The summed E-state index contributed by atoms with van der Waals surface area (Å²) in [4.78, 5) is 0. The fourth-order valence-corrected chi connectivity index (χ4v) is 3.33. The SMILES string of the molecule is CCC(NC1CCCC(C)(C)C1)c1ccccc1O. The number of rotatable bonds is 4. The van der Waals surface area contributed by atoms with Crippen LogP contribution in [0.1, 0.15) is 64.5 Å². The van der Waals surface area contributed by atoms with Crippen molar-refractivity contribution in [1.29, 1.82) is 0 Å². The van der Waals surface area contributed by atoms with E-state index in [9.17, 15) is 5.11 Å². The second-order valence-electron chi connectivity index (χ2n) is 6.64. The van der Waals surface area contributed by atoms with Crippen LogP contribution in [-0.4, -0.2) is 11.1 Å². The van der Waals surface area contributed by atoms with Gasteiger partial charge in [-0.15, -0.1) is 0 Å². The first-order valence-electron chi connectivity index (χ1n) is 7.56. The Balaban J connectivity index is 2.05. The van der Waals surface area contributed by atoms with E-state index >= 15 is 0 Å². The number of hydrogen-bond acceptors (Lipinski definition) is 2. The highest BCUT2D eigenvalue weighted by Gasteiger charge is 2.29. The first-order valence-corrected chi connectivity index (χ1v) is 7.56. The Hall–Kier alpha value is -1.02. The van der Waals surface area contributed by atoms with E-state index in [-0.39, 0.29) is 6.04 Å². The molecule has 0 radical (unpaired) electrons. The van der Waals surface area contributed by atoms with Gasteiger partial charge in [0.15, 0.2) is 0 Å². The maximum Gasteiger partial charge on any atom is 0.120 e. The summed E-state index contributed by atoms with van der Waals surface area (Å²) in [5.41, 5.74) is 1.49. The first kappa shape index (κ1) is 14.4. The van der Waals surface area contributed by atoms with E-state index in [1.54, 1.807) is 6.07 Å². The minimum atomic E-state index is 0.264. The molecule has 106 valence electrons. The summed E-state index contributed by atoms with van der Waals surface area (Å²) in [7, 11) is 0. The molecule has 1 aromatic carbocycles. The van der Waals surface area contributed by atoms with Crippen molar-refractivity contribution in [2.24, 2.45) is 5.41 Å². The average molecular weight is 261 g/mol. The molecule has 2 rings (SSSR count). The van der Waals surface area contributed by atoms with Crippen LogP contribution in [0.25, 0.3) is 0 Å². The van der Waals surface area contributed by atoms with Crippen LogP contribution in [0.3, 0.4) is 0 Å². The van der Waals surface area contributed by atoms with Gasteiger partial charge in [0.1, 0.15) is 5.75 Å². The lowest BCUT2D eigenvalue weighted by Gasteiger charge is -2.37. The number of para-hydroxylation sites is 1. The van der Waals surface area contributed by atoms with Crippen molar-refractivity contribution in [3.63, 3.8) is 0 Å². The zero-order valence-corrected chi connectivity index (χ0v) is 12.4. The maximum atomic E-state index is 10.0. The Bertz CT molecular complexity index is 413. The lowest BCUT2D eigenvalue weighted by atomic mass is 9.75. The molecule has 19 heavy (non-hydrogen) atoms. The topological polar surface area (TPSA) is 32.3 Å². The normalized spacial score (nSPS) is 24.1. The summed E-state index contributed by atoms with van der Waals surface area (Å²) in [5, 5.41) is 13.8. The van der Waals surface area contributed by atoms with Crippen LogP contribution in [0.15, 0.2) is 24.3 Å². The van der Waals surface area contributed by atoms with Gasteiger partial charge in [0.25, 0.3) is 0 Å². The van der Waals surface area contributed by atoms with E-state index in [1.165, 1.54) is 25.7 Å². The molecule has 2 N–H and O–H groups in total. The summed E-state index contributed by atoms with van der Waals surface area (Å²) >= 11 is 0. The molecule has 1 aromatic rings. The molecule has 2 atom stereocenters. The highest BCUT2D eigenvalue weighted by Crippen LogP contribution is 2.36. The van der Waals surface area contributed by atoms with Gasteiger partial charge in [0.05, 0.1) is 0 Å². The van der Waals surface area contributed by atoms with Gasteiger partial charge in [0, 0.05) is 17.6 Å². The number of hydrogen-bond donors (Lipinski definition) is 2. The number of phenolic OH excluding ortho intramolecular Hbond substituents is 1. The summed E-state index contributed by atoms with van der Waals surface area (Å²) < 4.78 is 0. The molecule has 0 spiro atoms. The Morgan fingerprint density at radius 3 is 2.74 bits per heavy atom. The van der Waals surface area contributed by atoms with Gasteiger partial charge in [-0.2, -0.15) is 0 Å². The predicted molar refractivity (Wildman–Crippen MR) is 80.3 cm³/mol. The van der Waals surface area contributed by atoms with E-state index in [1.807, 2.05) is 18.2 Å². The van der Waals surface area contributed by atoms with Crippen LogP contribution in [0, 0.1) is 5.41 Å². The number of aromatic hydroxyl groups is 1. The Labute approximate surface area is 117 Å². The van der Waals surface area contributed by atoms with Crippen LogP contribution < -0.4 is 5.32 Å². The van der Waals surface area contributed by atoms with Crippen molar-refractivity contribution in [1.82, 2.24) is 5.32 Å². The zero-order valence-electron chi connectivity index (χ0n) is 12.4. The molecule has 0 aliphatic heterocycles. The molecule has 1 fully saturated rings. The van der Waals surface area contributed by atoms with Gasteiger partial charge in [0.2, 0.25) is 0 Å². The van der Waals surface area contributed by atoms with Gasteiger partial charge in [-0.05, 0) is 37.2 Å². The van der Waals surface area contributed by atoms with Crippen LogP contribution >= 0.6 is 0 Å². The molecule has 1 aliphatic rings. The van der Waals surface area contributed by atoms with Crippen molar-refractivity contribution in [3.8, 4) is 5.75 Å². The summed E-state index contributed by atoms with van der Waals surface area (Å²) in [6.45, 7) is 6.90. The molecule has 0 heterocycles. The second kappa shape index (κ2) is 5.96. The van der Waals surface area contributed by atoms with Crippen LogP contribution in [0.4, 0.5) is 0 Å². The molecule has 0 saturated heterocycles. The Kier molecular flexibility index (Phi) is 4.51. The summed E-state index contributed by atoms with van der Waals surface area (Å²) in [6.07, 6.45) is 6.14. The molecule has 0 bridgehead atoms. The summed E-state index contributed by atoms with van der Waals surface area (Å²) in [6, 6.07) is 8.54. The minimum absolute atomic E-state index is 0.264. The van der Waals surface area contributed by atoms with E-state index in [2.05, 4.69) is 26.1 Å². The monoisotopic (exact) mass is 261 g/mol. The van der Waals surface area contributed by atoms with Crippen molar-refractivity contribution in [2.45, 2.75) is 65.0 Å². The van der Waals surface area contributed by atoms with Gasteiger partial charge >= 0.3 is 0 Å². The minimum Gasteiger partial charge on any atom is -0.508 e. The Morgan fingerprint density at radius 2 is 2.11 bits per heavy atom. The fraction of sp³-hybridized carbons (Fsp3) is 0.647. The third-order valence-corrected chi connectivity index (χ3v) is 4.36. The van der Waals surface area contributed by atoms with Crippen molar-refractivity contribution < 1.29 is 5.11 Å². The van der Waals surface area contributed by atoms with Crippen LogP contribution in [0.2, 0.25) is 0 Å². The number of benzene rings is 1. The molecule has 2 unspecified atom stereocenters. The van der Waals surface area contributed by atoms with Gasteiger partial charge in [-0.1, -0.05) is 45.4 Å². The first-order chi connectivity index (χ1) is 9.02. The highest BCUT2D eigenvalue weighted by atomic mass is 16.3. The van der Waals surface area contributed by atoms with Crippen LogP contribution in [-0.2, 0) is 0 Å². The standard InChI is InChI=1S/C17H27NO/c1-4-15(14-9-5-6-10-16(14)19)18-13-8-7-11-17(2,3)12-13/h5-6,9-10,13,15,18-19H,4,7-8,11-12H2,1-3H3. The largest absolute Gasteiger partial charge is 0.508 e. The molecule has 2 nitrogen and oxygen atoms in total. The average Bonchev–Trinajstić information content (AvgIpc) is 2.36. The van der Waals surface area contributed by atoms with Crippen molar-refractivity contribution in [3.05, 3.63) is 29.8 Å². The van der Waals surface area contributed by atoms with Gasteiger partial charge in [-0.25, -0.2) is 0 Å². The lowest BCUT2D eigenvalue weighted by Crippen LogP contribution is -2.39. The second-order valence-corrected chi connectivity index (χ2v) is 6.64. The smallest absolute Gasteiger partial charge is 0.120 e. The van der Waals surface area contributed by atoms with Crippen molar-refractivity contribution >= 4 is 0 Å². The van der Waals surface area contributed by atoms with E-state index < -0.39 is 0 Å². The van der Waals surface area contributed by atoms with Gasteiger partial charge < -0.3 is 10.4 Å². The quantitative estimate of drug-likeness (QED) is 0.842. The molecule has 2 heteroatoms. The Morgan fingerprint density at radius 1 is 1.37 bits per heavy atom. The number of nitrogens with one attached hydrogen (secondary N) is 1. The van der Waals surface area contributed by atoms with E-state index in [4.69, 9.17) is 0 Å². The molecular formula is C17H27NO. The summed E-state index contributed by atoms with van der Waals surface area (Å²) in [5.74, 6) is 0.414. The van der Waals surface area contributed by atoms with E-state index in [0.717, 1.165) is 12.0 Å². The third-order valence-electron chi connectivity index (χ3n) is 4.36. The van der Waals surface area contributed by atoms with Crippen molar-refractivity contribution in [2.75, 3.05) is 0 Å². The maximum absolute atomic E-state index is 10.0. The highest BCUT2D eigenvalue weighted by molar-refractivity contribution is 5.34. The molecule has 1 saturated carbocycles.